The van der Waals surface area contributed by atoms with Gasteiger partial charge >= 0.3 is 0 Å². The Kier molecular flexibility index (Phi) is 4.28. The maximum Gasteiger partial charge on any atom is 0.207 e. The molecule has 0 spiro atoms. The molecule has 0 bridgehead atoms. The Morgan fingerprint density at radius 3 is 2.40 bits per heavy atom. The monoisotopic (exact) mass is 403 g/mol. The Morgan fingerprint density at radius 2 is 1.72 bits per heavy atom. The van der Waals surface area contributed by atoms with E-state index in [0.717, 1.165) is 5.39 Å². The minimum atomic E-state index is -1.29. The van der Waals surface area contributed by atoms with E-state index in [2.05, 4.69) is 9.97 Å². The Hall–Kier alpha value is -1.19. The zero-order valence-electron chi connectivity index (χ0n) is 12.5. The lowest BCUT2D eigenvalue weighted by atomic mass is 10.1. The van der Waals surface area contributed by atoms with Crippen LogP contribution in [0.25, 0.3) is 22.1 Å². The van der Waals surface area contributed by atoms with Crippen molar-refractivity contribution in [2.24, 2.45) is 0 Å². The number of nitrogens with zero attached hydrogens (tertiary/aromatic N) is 3. The first-order chi connectivity index (χ1) is 11.9. The van der Waals surface area contributed by atoms with Gasteiger partial charge in [-0.2, -0.15) is 0 Å². The van der Waals surface area contributed by atoms with Gasteiger partial charge in [0.15, 0.2) is 11.9 Å². The number of aromatic nitrogens is 3. The highest BCUT2D eigenvalue weighted by molar-refractivity contribution is 6.42. The lowest BCUT2D eigenvalue weighted by Crippen LogP contribution is -2.33. The van der Waals surface area contributed by atoms with Crippen molar-refractivity contribution < 1.29 is 20.1 Å². The van der Waals surface area contributed by atoms with Crippen molar-refractivity contribution >= 4 is 56.9 Å². The number of pyridine rings is 1. The van der Waals surface area contributed by atoms with Crippen LogP contribution in [0.15, 0.2) is 18.2 Å². The molecule has 1 unspecified atom stereocenters. The number of halogens is 3. The van der Waals surface area contributed by atoms with Gasteiger partial charge in [-0.15, -0.1) is 0 Å². The molecule has 2 aromatic heterocycles. The zero-order chi connectivity index (χ0) is 17.9. The van der Waals surface area contributed by atoms with Crippen LogP contribution in [0, 0.1) is 0 Å². The third-order valence-electron chi connectivity index (χ3n) is 4.23. The van der Waals surface area contributed by atoms with Gasteiger partial charge in [0.1, 0.15) is 23.8 Å². The molecule has 0 amide bonds. The van der Waals surface area contributed by atoms with E-state index in [1.165, 1.54) is 4.57 Å². The van der Waals surface area contributed by atoms with Crippen molar-refractivity contribution in [1.82, 2.24) is 14.5 Å². The topological polar surface area (TPSA) is 101 Å². The highest BCUT2D eigenvalue weighted by atomic mass is 35.5. The summed E-state index contributed by atoms with van der Waals surface area (Å²) in [6.07, 6.45) is -4.50. The third-order valence-corrected chi connectivity index (χ3v) is 5.22. The second-order valence-electron chi connectivity index (χ2n) is 5.77. The molecule has 0 radical (unpaired) electrons. The second kappa shape index (κ2) is 6.21. The van der Waals surface area contributed by atoms with Crippen molar-refractivity contribution in [3.05, 3.63) is 33.5 Å². The average Bonchev–Trinajstić information content (AvgIpc) is 3.03. The van der Waals surface area contributed by atoms with Crippen molar-refractivity contribution in [3.63, 3.8) is 0 Å². The van der Waals surface area contributed by atoms with Crippen LogP contribution in [0.3, 0.4) is 0 Å². The summed E-state index contributed by atoms with van der Waals surface area (Å²) >= 11 is 18.3. The molecule has 3 aromatic rings. The molecule has 3 N–H and O–H groups in total. The van der Waals surface area contributed by atoms with Crippen LogP contribution < -0.4 is 0 Å². The van der Waals surface area contributed by atoms with Gasteiger partial charge in [0, 0.05) is 5.39 Å². The summed E-state index contributed by atoms with van der Waals surface area (Å²) in [5.74, 6) is 0. The predicted molar refractivity (Wildman–Crippen MR) is 93.1 cm³/mol. The van der Waals surface area contributed by atoms with E-state index in [9.17, 15) is 15.3 Å². The number of hydrogen-bond acceptors (Lipinski definition) is 6. The zero-order valence-corrected chi connectivity index (χ0v) is 14.7. The van der Waals surface area contributed by atoms with Crippen molar-refractivity contribution in [1.29, 1.82) is 0 Å². The number of aliphatic hydroxyl groups is 3. The quantitative estimate of drug-likeness (QED) is 0.605. The van der Waals surface area contributed by atoms with E-state index < -0.39 is 31.1 Å². The molecule has 1 fully saturated rings. The SMILES string of the molecule is OC[C@H]1OC(n2c(Cl)nc3cc4cc(Cl)c(Cl)cc4nc32)[C@H](O)[C@@H]1O. The Labute approximate surface area is 156 Å². The van der Waals surface area contributed by atoms with Crippen LogP contribution in [0.4, 0.5) is 0 Å². The van der Waals surface area contributed by atoms with Gasteiger partial charge in [0.25, 0.3) is 0 Å². The summed E-state index contributed by atoms with van der Waals surface area (Å²) in [4.78, 5) is 8.72. The molecular weight excluding hydrogens is 393 g/mol. The fourth-order valence-electron chi connectivity index (χ4n) is 2.97. The number of hydrogen-bond donors (Lipinski definition) is 3. The smallest absolute Gasteiger partial charge is 0.207 e. The van der Waals surface area contributed by atoms with Crippen LogP contribution in [-0.2, 0) is 4.74 Å². The molecule has 4 rings (SSSR count). The van der Waals surface area contributed by atoms with E-state index in [0.29, 0.717) is 26.7 Å². The molecule has 1 saturated heterocycles. The number of fused-ring (bicyclic) bond motifs is 2. The summed E-state index contributed by atoms with van der Waals surface area (Å²) in [6, 6.07) is 5.02. The first kappa shape index (κ1) is 17.2. The molecule has 1 aromatic carbocycles. The van der Waals surface area contributed by atoms with Crippen LogP contribution in [0.2, 0.25) is 15.3 Å². The molecule has 10 heteroatoms. The fraction of sp³-hybridized carbons (Fsp3) is 0.333. The van der Waals surface area contributed by atoms with Crippen LogP contribution in [-0.4, -0.2) is 54.8 Å². The van der Waals surface area contributed by atoms with E-state index in [4.69, 9.17) is 39.5 Å². The maximum absolute atomic E-state index is 10.2. The minimum Gasteiger partial charge on any atom is -0.394 e. The van der Waals surface area contributed by atoms with E-state index in [1.54, 1.807) is 18.2 Å². The number of imidazole rings is 1. The minimum absolute atomic E-state index is 0.0323. The predicted octanol–water partition coefficient (Wildman–Crippen LogP) is 2.16. The van der Waals surface area contributed by atoms with Gasteiger partial charge in [0.05, 0.1) is 22.2 Å². The average molecular weight is 405 g/mol. The first-order valence-electron chi connectivity index (χ1n) is 7.36. The summed E-state index contributed by atoms with van der Waals surface area (Å²) < 4.78 is 6.90. The molecule has 1 aliphatic rings. The molecule has 132 valence electrons. The molecule has 3 heterocycles. The van der Waals surface area contributed by atoms with Gasteiger partial charge in [-0.1, -0.05) is 23.2 Å². The fourth-order valence-corrected chi connectivity index (χ4v) is 3.56. The summed E-state index contributed by atoms with van der Waals surface area (Å²) in [6.45, 7) is -0.441. The largest absolute Gasteiger partial charge is 0.394 e. The number of benzene rings is 1. The van der Waals surface area contributed by atoms with Gasteiger partial charge in [-0.25, -0.2) is 9.97 Å². The standard InChI is InChI=1S/C15H12Cl3N3O4/c16-6-1-5-2-9-13(19-8(5)3-7(6)17)21(15(18)20-9)14-12(24)11(23)10(4-22)25-14/h1-3,10-12,14,22-24H,4H2/t10-,11-,12-,14?/m1/s1. The summed E-state index contributed by atoms with van der Waals surface area (Å²) in [5, 5.41) is 31.0. The number of aliphatic hydroxyl groups excluding tert-OH is 3. The highest BCUT2D eigenvalue weighted by Gasteiger charge is 2.44. The van der Waals surface area contributed by atoms with Gasteiger partial charge in [-0.3, -0.25) is 4.57 Å². The van der Waals surface area contributed by atoms with E-state index >= 15 is 0 Å². The lowest BCUT2D eigenvalue weighted by Gasteiger charge is -2.17. The van der Waals surface area contributed by atoms with Gasteiger partial charge in [0.2, 0.25) is 5.28 Å². The van der Waals surface area contributed by atoms with Crippen molar-refractivity contribution in [2.45, 2.75) is 24.5 Å². The Morgan fingerprint density at radius 1 is 1.00 bits per heavy atom. The molecule has 0 aliphatic carbocycles. The summed E-state index contributed by atoms with van der Waals surface area (Å²) in [7, 11) is 0. The molecule has 7 nitrogen and oxygen atoms in total. The van der Waals surface area contributed by atoms with Crippen molar-refractivity contribution in [2.75, 3.05) is 6.61 Å². The first-order valence-corrected chi connectivity index (χ1v) is 8.50. The normalized spacial score (nSPS) is 26.8. The Balaban J connectivity index is 1.91. The molecule has 0 saturated carbocycles. The lowest BCUT2D eigenvalue weighted by molar-refractivity contribution is -0.0509. The van der Waals surface area contributed by atoms with Crippen LogP contribution in [0.1, 0.15) is 6.23 Å². The Bertz CT molecular complexity index is 980. The van der Waals surface area contributed by atoms with Gasteiger partial charge in [-0.05, 0) is 29.8 Å². The molecular formula is C15H12Cl3N3O4. The summed E-state index contributed by atoms with van der Waals surface area (Å²) in [5.41, 5.74) is 1.38. The number of ether oxygens (including phenoxy) is 1. The third kappa shape index (κ3) is 2.67. The molecule has 4 atom stereocenters. The van der Waals surface area contributed by atoms with Crippen LogP contribution in [0.5, 0.6) is 0 Å². The van der Waals surface area contributed by atoms with Crippen LogP contribution >= 0.6 is 34.8 Å². The highest BCUT2D eigenvalue weighted by Crippen LogP contribution is 2.36. The van der Waals surface area contributed by atoms with E-state index in [-0.39, 0.29) is 5.28 Å². The maximum atomic E-state index is 10.2. The molecule has 25 heavy (non-hydrogen) atoms. The van der Waals surface area contributed by atoms with E-state index in [1.807, 2.05) is 0 Å². The second-order valence-corrected chi connectivity index (χ2v) is 6.92. The van der Waals surface area contributed by atoms with Gasteiger partial charge < -0.3 is 20.1 Å². The van der Waals surface area contributed by atoms with Crippen molar-refractivity contribution in [3.8, 4) is 0 Å². The number of rotatable bonds is 2. The molecule has 1 aliphatic heterocycles.